The highest BCUT2D eigenvalue weighted by Crippen LogP contribution is 2.08. The van der Waals surface area contributed by atoms with E-state index in [1.165, 1.54) is 20.8 Å². The van der Waals surface area contributed by atoms with E-state index >= 15 is 0 Å². The monoisotopic (exact) mass is 588 g/mol. The Labute approximate surface area is 242 Å². The molecule has 0 aliphatic heterocycles. The minimum absolute atomic E-state index is 0.342. The zero-order valence-corrected chi connectivity index (χ0v) is 25.8. The van der Waals surface area contributed by atoms with Crippen LogP contribution in [-0.4, -0.2) is 88.5 Å². The van der Waals surface area contributed by atoms with Crippen molar-refractivity contribution in [3.8, 4) is 0 Å². The normalized spacial score (nSPS) is 13.1. The highest BCUT2D eigenvalue weighted by atomic mass is 27.3. The molecule has 0 radical (unpaired) electrons. The molecule has 13 heteroatoms. The van der Waals surface area contributed by atoms with Gasteiger partial charge in [-0.1, -0.05) is 40.0 Å². The van der Waals surface area contributed by atoms with Crippen molar-refractivity contribution in [3.05, 3.63) is 0 Å². The van der Waals surface area contributed by atoms with Gasteiger partial charge in [-0.2, -0.15) is 0 Å². The van der Waals surface area contributed by atoms with E-state index in [1.807, 2.05) is 20.8 Å². The molecular weight excluding hydrogens is 543 g/mol. The van der Waals surface area contributed by atoms with Crippen LogP contribution in [0.4, 0.5) is 0 Å². The summed E-state index contributed by atoms with van der Waals surface area (Å²) in [5.74, 6) is -5.02. The molecule has 0 aromatic heterocycles. The van der Waals surface area contributed by atoms with Crippen LogP contribution >= 0.6 is 0 Å². The second-order valence-corrected chi connectivity index (χ2v) is 10.6. The smallest absolute Gasteiger partial charge is 0.550 e. The number of hydrogen-bond acceptors (Lipinski definition) is 12. The summed E-state index contributed by atoms with van der Waals surface area (Å²) in [4.78, 5) is 74.0. The molecule has 0 aliphatic rings. The van der Waals surface area contributed by atoms with Crippen LogP contribution in [0.15, 0.2) is 0 Å². The summed E-state index contributed by atoms with van der Waals surface area (Å²) in [6, 6.07) is 0. The number of ether oxygens (including phenoxy) is 3. The number of unbranched alkanes of at least 4 members (excludes halogenated alkanes) is 3. The molecule has 3 atom stereocenters. The quantitative estimate of drug-likeness (QED) is 0.0923. The number of carbonyl (C=O) groups is 6. The van der Waals surface area contributed by atoms with Crippen molar-refractivity contribution in [1.82, 2.24) is 0 Å². The van der Waals surface area contributed by atoms with Crippen molar-refractivity contribution < 1.29 is 54.3 Å². The number of carbonyl (C=O) groups excluding carboxylic acids is 6. The SMILES string of the molecule is CCCCOC(C)C(=O)CC(=O)[O][Al]([O]C(=O)CC(=O)C(C)OCCCC)[O]C(=O)CC(=O)C(C)OCCCC. The molecule has 0 aromatic carbocycles. The van der Waals surface area contributed by atoms with Gasteiger partial charge in [0.2, 0.25) is 0 Å². The Morgan fingerprint density at radius 2 is 0.750 bits per heavy atom. The Hall–Kier alpha value is -2.17. The summed E-state index contributed by atoms with van der Waals surface area (Å²) >= 11 is -3.89. The first-order valence-corrected chi connectivity index (χ1v) is 15.4. The highest BCUT2D eigenvalue weighted by molar-refractivity contribution is 6.44. The maximum atomic E-state index is 12.4. The summed E-state index contributed by atoms with van der Waals surface area (Å²) in [5, 5.41) is 0. The number of Topliss-reactive ketones (excluding diaryl/α,β-unsaturated/α-hetero) is 3. The molecule has 0 fully saturated rings. The number of hydrogen-bond donors (Lipinski definition) is 0. The van der Waals surface area contributed by atoms with E-state index in [2.05, 4.69) is 0 Å². The van der Waals surface area contributed by atoms with Crippen molar-refractivity contribution in [2.24, 2.45) is 0 Å². The minimum Gasteiger partial charge on any atom is -0.550 e. The van der Waals surface area contributed by atoms with Gasteiger partial charge in [-0.3, -0.25) is 28.8 Å². The summed E-state index contributed by atoms with van der Waals surface area (Å²) < 4.78 is 31.2. The Balaban J connectivity index is 5.21. The van der Waals surface area contributed by atoms with E-state index in [1.54, 1.807) is 0 Å². The Morgan fingerprint density at radius 1 is 0.500 bits per heavy atom. The fourth-order valence-corrected chi connectivity index (χ4v) is 3.91. The number of ketones is 3. The summed E-state index contributed by atoms with van der Waals surface area (Å²) in [7, 11) is 0. The molecule has 12 nitrogen and oxygen atoms in total. The van der Waals surface area contributed by atoms with Crippen molar-refractivity contribution in [1.29, 1.82) is 0 Å². The van der Waals surface area contributed by atoms with Crippen molar-refractivity contribution >= 4 is 50.4 Å². The van der Waals surface area contributed by atoms with Gasteiger partial charge in [0.25, 0.3) is 17.9 Å². The molecule has 0 aliphatic carbocycles. The molecule has 0 heterocycles. The second-order valence-electron chi connectivity index (χ2n) is 9.29. The van der Waals surface area contributed by atoms with Crippen molar-refractivity contribution in [2.75, 3.05) is 19.8 Å². The fraction of sp³-hybridized carbons (Fsp3) is 0.778. The molecule has 0 spiro atoms. The lowest BCUT2D eigenvalue weighted by Gasteiger charge is -2.16. The van der Waals surface area contributed by atoms with Gasteiger partial charge < -0.3 is 25.6 Å². The maximum Gasteiger partial charge on any atom is 1.20 e. The third kappa shape index (κ3) is 18.2. The highest BCUT2D eigenvalue weighted by Gasteiger charge is 2.49. The maximum absolute atomic E-state index is 12.4. The van der Waals surface area contributed by atoms with Gasteiger partial charge in [0.05, 0.1) is 0 Å². The van der Waals surface area contributed by atoms with Gasteiger partial charge in [0.15, 0.2) is 17.3 Å². The molecule has 0 N–H and O–H groups in total. The van der Waals surface area contributed by atoms with E-state index in [4.69, 9.17) is 25.6 Å². The van der Waals surface area contributed by atoms with Crippen molar-refractivity contribution in [2.45, 2.75) is 118 Å². The van der Waals surface area contributed by atoms with Crippen LogP contribution in [0.2, 0.25) is 0 Å². The van der Waals surface area contributed by atoms with Crippen LogP contribution < -0.4 is 0 Å². The van der Waals surface area contributed by atoms with Crippen LogP contribution in [0.25, 0.3) is 0 Å². The molecule has 0 saturated carbocycles. The predicted molar refractivity (Wildman–Crippen MR) is 144 cm³/mol. The van der Waals surface area contributed by atoms with Gasteiger partial charge >= 0.3 is 15.1 Å². The molecular formula is C27H45AlO12. The number of rotatable bonds is 24. The Kier molecular flexibility index (Phi) is 21.3. The van der Waals surface area contributed by atoms with Crippen LogP contribution in [0.1, 0.15) is 99.3 Å². The van der Waals surface area contributed by atoms with E-state index in [0.717, 1.165) is 38.5 Å². The lowest BCUT2D eigenvalue weighted by Crippen LogP contribution is -2.38. The van der Waals surface area contributed by atoms with Gasteiger partial charge in [0, 0.05) is 19.8 Å². The van der Waals surface area contributed by atoms with E-state index in [0.29, 0.717) is 19.8 Å². The third-order valence-electron chi connectivity index (χ3n) is 5.60. The fourth-order valence-electron chi connectivity index (χ4n) is 2.87. The summed E-state index contributed by atoms with van der Waals surface area (Å²) in [5.41, 5.74) is 0. The Morgan fingerprint density at radius 3 is 0.975 bits per heavy atom. The van der Waals surface area contributed by atoms with Gasteiger partial charge in [0.1, 0.15) is 37.6 Å². The zero-order valence-electron chi connectivity index (χ0n) is 24.7. The van der Waals surface area contributed by atoms with Crippen LogP contribution in [0, 0.1) is 0 Å². The van der Waals surface area contributed by atoms with Crippen LogP contribution in [0.3, 0.4) is 0 Å². The summed E-state index contributed by atoms with van der Waals surface area (Å²) in [6.45, 7) is 11.4. The van der Waals surface area contributed by atoms with E-state index < -0.39 is 88.0 Å². The van der Waals surface area contributed by atoms with Crippen LogP contribution in [0.5, 0.6) is 0 Å². The minimum atomic E-state index is -3.89. The average Bonchev–Trinajstić information content (AvgIpc) is 2.88. The van der Waals surface area contributed by atoms with E-state index in [9.17, 15) is 28.8 Å². The van der Waals surface area contributed by atoms with Gasteiger partial charge in [-0.25, -0.2) is 0 Å². The third-order valence-corrected chi connectivity index (χ3v) is 6.96. The largest absolute Gasteiger partial charge is 1.20 e. The molecule has 0 rings (SSSR count). The summed E-state index contributed by atoms with van der Waals surface area (Å²) in [6.07, 6.45) is 0.0634. The molecule has 0 bridgehead atoms. The van der Waals surface area contributed by atoms with Crippen molar-refractivity contribution in [3.63, 3.8) is 0 Å². The van der Waals surface area contributed by atoms with Gasteiger partial charge in [-0.15, -0.1) is 0 Å². The van der Waals surface area contributed by atoms with Crippen LogP contribution in [-0.2, 0) is 54.3 Å². The topological polar surface area (TPSA) is 158 Å². The lowest BCUT2D eigenvalue weighted by atomic mass is 10.2. The first kappa shape index (κ1) is 37.8. The first-order valence-electron chi connectivity index (χ1n) is 14.0. The average molecular weight is 589 g/mol. The Bertz CT molecular complexity index is 711. The molecule has 3 unspecified atom stereocenters. The zero-order chi connectivity index (χ0) is 30.5. The molecule has 228 valence electrons. The first-order chi connectivity index (χ1) is 18.9. The molecule has 0 amide bonds. The van der Waals surface area contributed by atoms with Gasteiger partial charge in [-0.05, 0) is 40.0 Å². The molecule has 0 saturated heterocycles. The second kappa shape index (κ2) is 22.5. The molecule has 40 heavy (non-hydrogen) atoms. The van der Waals surface area contributed by atoms with E-state index in [-0.39, 0.29) is 0 Å². The predicted octanol–water partition coefficient (Wildman–Crippen LogP) is 3.09. The molecule has 0 aromatic rings. The lowest BCUT2D eigenvalue weighted by molar-refractivity contribution is -0.150. The standard InChI is InChI=1S/3C9H16O4.Al/c3*1-3-4-5-13-7(2)8(10)6-9(11)12;/h3*7H,3-6H2,1-2H3,(H,11,12);/q;;;+3/p-3.